The lowest BCUT2D eigenvalue weighted by atomic mass is 10.1. The molecule has 1 rings (SSSR count). The Balaban J connectivity index is 3.12. The van der Waals surface area contributed by atoms with E-state index in [-0.39, 0.29) is 5.56 Å². The summed E-state index contributed by atoms with van der Waals surface area (Å²) in [5, 5.41) is 8.79. The number of allylic oxidation sites excluding steroid dienone is 1. The Bertz CT molecular complexity index is 396. The second-order valence-electron chi connectivity index (χ2n) is 2.54. The van der Waals surface area contributed by atoms with E-state index in [4.69, 9.17) is 5.11 Å². The molecule has 1 N–H and O–H groups in total. The molecule has 0 bridgehead atoms. The van der Waals surface area contributed by atoms with Crippen LogP contribution in [0.1, 0.15) is 15.9 Å². The van der Waals surface area contributed by atoms with Gasteiger partial charge in [0.15, 0.2) is 0 Å². The van der Waals surface area contributed by atoms with E-state index in [0.717, 1.165) is 0 Å². The van der Waals surface area contributed by atoms with Crippen molar-refractivity contribution in [3.05, 3.63) is 39.9 Å². The third-order valence-electron chi connectivity index (χ3n) is 1.59. The summed E-state index contributed by atoms with van der Waals surface area (Å²) < 4.78 is 0.522. The largest absolute Gasteiger partial charge is 0.478 e. The highest BCUT2D eigenvalue weighted by Crippen LogP contribution is 2.18. The Labute approximate surface area is 89.2 Å². The molecule has 72 valence electrons. The molecule has 14 heavy (non-hydrogen) atoms. The van der Waals surface area contributed by atoms with Gasteiger partial charge in [-0.1, -0.05) is 12.1 Å². The average Bonchev–Trinajstić information content (AvgIpc) is 2.16. The molecule has 0 atom stereocenters. The quantitative estimate of drug-likeness (QED) is 0.666. The maximum atomic E-state index is 10.7. The van der Waals surface area contributed by atoms with Crippen molar-refractivity contribution in [2.45, 2.75) is 0 Å². The summed E-state index contributed by atoms with van der Waals surface area (Å²) in [6.45, 7) is 0. The lowest BCUT2D eigenvalue weighted by molar-refractivity contribution is -0.104. The van der Waals surface area contributed by atoms with Crippen LogP contribution in [0.3, 0.4) is 0 Å². The molecule has 0 aliphatic heterocycles. The first-order valence-electron chi connectivity index (χ1n) is 3.80. The molecule has 0 amide bonds. The molecule has 3 nitrogen and oxygen atoms in total. The summed E-state index contributed by atoms with van der Waals surface area (Å²) in [6, 6.07) is 4.84. The van der Waals surface area contributed by atoms with Crippen molar-refractivity contribution in [3.8, 4) is 0 Å². The van der Waals surface area contributed by atoms with Crippen molar-refractivity contribution in [2.24, 2.45) is 0 Å². The fourth-order valence-electron chi connectivity index (χ4n) is 0.961. The molecular weight excluding hydrogens is 248 g/mol. The van der Waals surface area contributed by atoms with Gasteiger partial charge >= 0.3 is 5.97 Å². The van der Waals surface area contributed by atoms with E-state index >= 15 is 0 Å². The van der Waals surface area contributed by atoms with Crippen LogP contribution in [0.15, 0.2) is 28.7 Å². The van der Waals surface area contributed by atoms with Gasteiger partial charge in [0.25, 0.3) is 0 Å². The van der Waals surface area contributed by atoms with E-state index in [9.17, 15) is 9.59 Å². The molecule has 1 aromatic rings. The number of aromatic carboxylic acids is 1. The van der Waals surface area contributed by atoms with Gasteiger partial charge in [0.05, 0.1) is 5.56 Å². The zero-order valence-corrected chi connectivity index (χ0v) is 8.69. The van der Waals surface area contributed by atoms with Crippen LogP contribution in [-0.2, 0) is 4.79 Å². The molecule has 0 unspecified atom stereocenters. The zero-order chi connectivity index (χ0) is 10.6. The molecule has 0 saturated carbocycles. The van der Waals surface area contributed by atoms with Crippen LogP contribution in [-0.4, -0.2) is 17.4 Å². The first-order valence-corrected chi connectivity index (χ1v) is 4.59. The summed E-state index contributed by atoms with van der Waals surface area (Å²) in [5.74, 6) is -1.00. The Kier molecular flexibility index (Phi) is 3.59. The number of benzene rings is 1. The number of rotatable bonds is 3. The first kappa shape index (κ1) is 10.7. The van der Waals surface area contributed by atoms with Gasteiger partial charge in [0.1, 0.15) is 6.29 Å². The molecule has 0 fully saturated rings. The minimum Gasteiger partial charge on any atom is -0.478 e. The van der Waals surface area contributed by atoms with Crippen LogP contribution in [0, 0.1) is 0 Å². The van der Waals surface area contributed by atoms with Crippen LogP contribution in [0.25, 0.3) is 6.08 Å². The van der Waals surface area contributed by atoms with Crippen LogP contribution >= 0.6 is 15.9 Å². The van der Waals surface area contributed by atoms with Gasteiger partial charge in [0, 0.05) is 4.47 Å². The Hall–Kier alpha value is -1.42. The number of carbonyl (C=O) groups excluding carboxylic acids is 1. The Morgan fingerprint density at radius 1 is 1.43 bits per heavy atom. The Morgan fingerprint density at radius 2 is 2.14 bits per heavy atom. The molecular formula is C10H7BrO3. The fourth-order valence-corrected chi connectivity index (χ4v) is 1.38. The van der Waals surface area contributed by atoms with Gasteiger partial charge < -0.3 is 5.11 Å². The van der Waals surface area contributed by atoms with Crippen LogP contribution in [0.5, 0.6) is 0 Å². The highest BCUT2D eigenvalue weighted by Gasteiger charge is 2.07. The van der Waals surface area contributed by atoms with Crippen LogP contribution in [0.4, 0.5) is 0 Å². The van der Waals surface area contributed by atoms with Crippen LogP contribution < -0.4 is 0 Å². The smallest absolute Gasteiger partial charge is 0.336 e. The van der Waals surface area contributed by atoms with Gasteiger partial charge in [-0.2, -0.15) is 0 Å². The molecule has 0 aliphatic carbocycles. The van der Waals surface area contributed by atoms with Crippen molar-refractivity contribution >= 4 is 34.3 Å². The summed E-state index contributed by atoms with van der Waals surface area (Å²) in [6.07, 6.45) is 3.50. The normalized spacial score (nSPS) is 10.4. The summed E-state index contributed by atoms with van der Waals surface area (Å²) in [5.41, 5.74) is 0.857. The van der Waals surface area contributed by atoms with E-state index in [2.05, 4.69) is 15.9 Å². The maximum Gasteiger partial charge on any atom is 0.336 e. The molecule has 0 aromatic heterocycles. The lowest BCUT2D eigenvalue weighted by Gasteiger charge is -1.99. The summed E-state index contributed by atoms with van der Waals surface area (Å²) >= 11 is 3.12. The summed E-state index contributed by atoms with van der Waals surface area (Å²) in [7, 11) is 0. The summed E-state index contributed by atoms with van der Waals surface area (Å²) in [4.78, 5) is 20.8. The number of aldehydes is 1. The average molecular weight is 255 g/mol. The SMILES string of the molecule is O=CC=Cc1ccc(Br)c(C(=O)O)c1. The topological polar surface area (TPSA) is 54.4 Å². The molecule has 0 saturated heterocycles. The van der Waals surface area contributed by atoms with E-state index in [1.165, 1.54) is 12.1 Å². The number of halogens is 1. The van der Waals surface area contributed by atoms with Gasteiger partial charge in [-0.25, -0.2) is 4.79 Å². The number of hydrogen-bond acceptors (Lipinski definition) is 2. The standard InChI is InChI=1S/C10H7BrO3/c11-9-4-3-7(2-1-5-12)6-8(9)10(13)14/h1-6H,(H,13,14). The molecule has 0 aliphatic rings. The fraction of sp³-hybridized carbons (Fsp3) is 0. The number of hydrogen-bond donors (Lipinski definition) is 1. The van der Waals surface area contributed by atoms with Gasteiger partial charge in [0.2, 0.25) is 0 Å². The van der Waals surface area contributed by atoms with Crippen molar-refractivity contribution in [1.29, 1.82) is 0 Å². The third kappa shape index (κ3) is 2.53. The van der Waals surface area contributed by atoms with Crippen molar-refractivity contribution < 1.29 is 14.7 Å². The monoisotopic (exact) mass is 254 g/mol. The zero-order valence-electron chi connectivity index (χ0n) is 7.11. The number of carboxylic acid groups (broad SMARTS) is 1. The minimum atomic E-state index is -1.00. The van der Waals surface area contributed by atoms with Crippen LogP contribution in [0.2, 0.25) is 0 Å². The van der Waals surface area contributed by atoms with Crippen molar-refractivity contribution in [2.75, 3.05) is 0 Å². The predicted molar refractivity (Wildman–Crippen MR) is 56.2 cm³/mol. The molecule has 1 aromatic carbocycles. The van der Waals surface area contributed by atoms with Crippen molar-refractivity contribution in [1.82, 2.24) is 0 Å². The first-order chi connectivity index (χ1) is 6.65. The second kappa shape index (κ2) is 4.72. The molecule has 0 heterocycles. The highest BCUT2D eigenvalue weighted by molar-refractivity contribution is 9.10. The third-order valence-corrected chi connectivity index (χ3v) is 2.28. The number of carbonyl (C=O) groups is 2. The molecule has 0 spiro atoms. The Morgan fingerprint density at radius 3 is 2.71 bits per heavy atom. The predicted octanol–water partition coefficient (Wildman–Crippen LogP) is 2.36. The van der Waals surface area contributed by atoms with Gasteiger partial charge in [-0.05, 0) is 39.7 Å². The van der Waals surface area contributed by atoms with E-state index < -0.39 is 5.97 Å². The lowest BCUT2D eigenvalue weighted by Crippen LogP contribution is -1.97. The van der Waals surface area contributed by atoms with Crippen molar-refractivity contribution in [3.63, 3.8) is 0 Å². The van der Waals surface area contributed by atoms with Gasteiger partial charge in [-0.3, -0.25) is 4.79 Å². The maximum absolute atomic E-state index is 10.7. The van der Waals surface area contributed by atoms with E-state index in [1.54, 1.807) is 18.2 Å². The second-order valence-corrected chi connectivity index (χ2v) is 3.39. The number of carboxylic acids is 1. The highest BCUT2D eigenvalue weighted by atomic mass is 79.9. The van der Waals surface area contributed by atoms with Gasteiger partial charge in [-0.15, -0.1) is 0 Å². The molecule has 4 heteroatoms. The molecule has 0 radical (unpaired) electrons. The minimum absolute atomic E-state index is 0.179. The van der Waals surface area contributed by atoms with E-state index in [0.29, 0.717) is 16.3 Å². The van der Waals surface area contributed by atoms with E-state index in [1.807, 2.05) is 0 Å².